The fraction of sp³-hybridized carbons (Fsp3) is 0.562. The Hall–Kier alpha value is -1.56. The maximum absolute atomic E-state index is 12.3. The predicted molar refractivity (Wildman–Crippen MR) is 76.1 cm³/mol. The minimum Gasteiger partial charge on any atom is -0.347 e. The quantitative estimate of drug-likeness (QED) is 0.931. The van der Waals surface area contributed by atoms with Gasteiger partial charge in [0.15, 0.2) is 0 Å². The molecule has 3 atom stereocenters. The normalized spacial score (nSPS) is 28.6. The Labute approximate surface area is 127 Å². The van der Waals surface area contributed by atoms with E-state index < -0.39 is 18.6 Å². The lowest BCUT2D eigenvalue weighted by atomic mass is 9.93. The van der Waals surface area contributed by atoms with E-state index in [1.807, 2.05) is 30.3 Å². The maximum atomic E-state index is 12.3. The molecular weight excluding hydrogens is 293 g/mol. The Morgan fingerprint density at radius 3 is 2.68 bits per heavy atom. The van der Waals surface area contributed by atoms with Crippen LogP contribution in [-0.2, 0) is 4.79 Å². The molecule has 3 rings (SSSR count). The van der Waals surface area contributed by atoms with E-state index in [9.17, 15) is 18.0 Å². The van der Waals surface area contributed by atoms with Crippen LogP contribution in [-0.4, -0.2) is 36.1 Å². The van der Waals surface area contributed by atoms with Crippen LogP contribution in [0.1, 0.15) is 30.9 Å². The van der Waals surface area contributed by atoms with Crippen molar-refractivity contribution < 1.29 is 18.0 Å². The molecule has 0 aromatic heterocycles. The molecule has 1 N–H and O–H groups in total. The van der Waals surface area contributed by atoms with Gasteiger partial charge in [-0.25, -0.2) is 0 Å². The molecule has 2 aliphatic rings. The molecule has 0 radical (unpaired) electrons. The smallest absolute Gasteiger partial charge is 0.347 e. The van der Waals surface area contributed by atoms with Crippen molar-refractivity contribution in [1.29, 1.82) is 0 Å². The molecule has 1 aromatic rings. The Morgan fingerprint density at radius 2 is 2.00 bits per heavy atom. The minimum atomic E-state index is -4.36. The summed E-state index contributed by atoms with van der Waals surface area (Å²) in [6.45, 7) is -0.335. The Balaban J connectivity index is 1.72. The van der Waals surface area contributed by atoms with E-state index >= 15 is 0 Å². The van der Waals surface area contributed by atoms with E-state index in [2.05, 4.69) is 10.2 Å². The summed E-state index contributed by atoms with van der Waals surface area (Å²) < 4.78 is 36.9. The summed E-state index contributed by atoms with van der Waals surface area (Å²) >= 11 is 0. The van der Waals surface area contributed by atoms with Crippen LogP contribution >= 0.6 is 0 Å². The topological polar surface area (TPSA) is 32.3 Å². The zero-order valence-electron chi connectivity index (χ0n) is 12.1. The van der Waals surface area contributed by atoms with Crippen molar-refractivity contribution in [1.82, 2.24) is 10.2 Å². The largest absolute Gasteiger partial charge is 0.405 e. The minimum absolute atomic E-state index is 0.0680. The zero-order valence-corrected chi connectivity index (χ0v) is 12.1. The Kier molecular flexibility index (Phi) is 4.12. The number of alkyl halides is 3. The van der Waals surface area contributed by atoms with E-state index in [-0.39, 0.29) is 18.0 Å². The molecule has 2 fully saturated rings. The first kappa shape index (κ1) is 15.3. The van der Waals surface area contributed by atoms with Gasteiger partial charge in [-0.3, -0.25) is 9.69 Å². The van der Waals surface area contributed by atoms with Gasteiger partial charge in [0.25, 0.3) is 0 Å². The lowest BCUT2D eigenvalue weighted by molar-refractivity contribution is -0.141. The molecule has 22 heavy (non-hydrogen) atoms. The van der Waals surface area contributed by atoms with Crippen molar-refractivity contribution in [3.05, 3.63) is 35.9 Å². The third-order valence-electron chi connectivity index (χ3n) is 4.67. The van der Waals surface area contributed by atoms with Crippen LogP contribution in [0.25, 0.3) is 0 Å². The van der Waals surface area contributed by atoms with Gasteiger partial charge in [0.1, 0.15) is 6.54 Å². The standard InChI is InChI=1S/C16H19F3N2O/c17-16(18,19)10-20-15(22)12-9-14(11-5-2-1-3-6-11)21-8-4-7-13(12)21/h1-3,5-6,12-14H,4,7-10H2,(H,20,22)/t12-,13+,14-/m1/s1. The molecule has 6 heteroatoms. The van der Waals surface area contributed by atoms with Crippen molar-refractivity contribution in [3.63, 3.8) is 0 Å². The van der Waals surface area contributed by atoms with Crippen LogP contribution in [0.15, 0.2) is 30.3 Å². The van der Waals surface area contributed by atoms with E-state index in [0.29, 0.717) is 6.42 Å². The number of rotatable bonds is 3. The molecule has 0 unspecified atom stereocenters. The number of halogens is 3. The predicted octanol–water partition coefficient (Wildman–Crippen LogP) is 2.89. The molecule has 0 saturated carbocycles. The number of nitrogens with one attached hydrogen (secondary N) is 1. The van der Waals surface area contributed by atoms with E-state index in [1.165, 1.54) is 0 Å². The van der Waals surface area contributed by atoms with Gasteiger partial charge < -0.3 is 5.32 Å². The van der Waals surface area contributed by atoms with Crippen LogP contribution in [0.5, 0.6) is 0 Å². The molecule has 1 aromatic carbocycles. The number of fused-ring (bicyclic) bond motifs is 1. The average molecular weight is 312 g/mol. The Morgan fingerprint density at radius 1 is 1.27 bits per heavy atom. The lowest BCUT2D eigenvalue weighted by Crippen LogP contribution is -2.41. The number of nitrogens with zero attached hydrogens (tertiary/aromatic N) is 1. The van der Waals surface area contributed by atoms with Crippen LogP contribution < -0.4 is 5.32 Å². The van der Waals surface area contributed by atoms with Crippen LogP contribution in [0.3, 0.4) is 0 Å². The average Bonchev–Trinajstić information content (AvgIpc) is 3.06. The number of hydrogen-bond acceptors (Lipinski definition) is 2. The zero-order chi connectivity index (χ0) is 15.7. The molecule has 0 spiro atoms. The molecule has 2 aliphatic heterocycles. The summed E-state index contributed by atoms with van der Waals surface area (Å²) in [4.78, 5) is 14.5. The molecule has 0 aliphatic carbocycles. The third-order valence-corrected chi connectivity index (χ3v) is 4.67. The first-order valence-corrected chi connectivity index (χ1v) is 7.61. The van der Waals surface area contributed by atoms with Crippen molar-refractivity contribution in [2.45, 2.75) is 37.5 Å². The molecule has 2 saturated heterocycles. The second-order valence-corrected chi connectivity index (χ2v) is 6.05. The summed E-state index contributed by atoms with van der Waals surface area (Å²) in [5.41, 5.74) is 1.14. The third kappa shape index (κ3) is 3.11. The molecule has 3 nitrogen and oxygen atoms in total. The van der Waals surface area contributed by atoms with Gasteiger partial charge in [-0.15, -0.1) is 0 Å². The first-order valence-electron chi connectivity index (χ1n) is 7.61. The van der Waals surface area contributed by atoms with Crippen LogP contribution in [0, 0.1) is 5.92 Å². The van der Waals surface area contributed by atoms with E-state index in [0.717, 1.165) is 24.9 Å². The highest BCUT2D eigenvalue weighted by Gasteiger charge is 2.47. The number of hydrogen-bond donors (Lipinski definition) is 1. The van der Waals surface area contributed by atoms with Crippen molar-refractivity contribution in [2.75, 3.05) is 13.1 Å². The SMILES string of the molecule is O=C(NCC(F)(F)F)[C@@H]1C[C@H](c2ccccc2)N2CCC[C@@H]12. The number of amides is 1. The summed E-state index contributed by atoms with van der Waals surface area (Å²) in [5.74, 6) is -0.817. The molecule has 120 valence electrons. The second-order valence-electron chi connectivity index (χ2n) is 6.05. The second kappa shape index (κ2) is 5.91. The van der Waals surface area contributed by atoms with Crippen molar-refractivity contribution >= 4 is 5.91 Å². The van der Waals surface area contributed by atoms with Gasteiger partial charge in [-0.05, 0) is 31.4 Å². The summed E-state index contributed by atoms with van der Waals surface area (Å²) in [6, 6.07) is 10.1. The summed E-state index contributed by atoms with van der Waals surface area (Å²) in [7, 11) is 0. The maximum Gasteiger partial charge on any atom is 0.405 e. The van der Waals surface area contributed by atoms with Crippen LogP contribution in [0.2, 0.25) is 0 Å². The fourth-order valence-electron chi connectivity index (χ4n) is 3.77. The highest BCUT2D eigenvalue weighted by Crippen LogP contribution is 2.44. The van der Waals surface area contributed by atoms with Gasteiger partial charge in [-0.1, -0.05) is 30.3 Å². The summed E-state index contributed by atoms with van der Waals surface area (Å²) in [5, 5.41) is 2.06. The van der Waals surface area contributed by atoms with Gasteiger partial charge in [0, 0.05) is 12.1 Å². The monoisotopic (exact) mass is 312 g/mol. The number of benzene rings is 1. The molecule has 0 bridgehead atoms. The van der Waals surface area contributed by atoms with Gasteiger partial charge in [-0.2, -0.15) is 13.2 Å². The fourth-order valence-corrected chi connectivity index (χ4v) is 3.77. The number of carbonyl (C=O) groups is 1. The highest BCUT2D eigenvalue weighted by atomic mass is 19.4. The highest BCUT2D eigenvalue weighted by molar-refractivity contribution is 5.80. The first-order chi connectivity index (χ1) is 10.5. The molecular formula is C16H19F3N2O. The van der Waals surface area contributed by atoms with Crippen LogP contribution in [0.4, 0.5) is 13.2 Å². The van der Waals surface area contributed by atoms with Crippen molar-refractivity contribution in [3.8, 4) is 0 Å². The Bertz CT molecular complexity index is 532. The summed E-state index contributed by atoms with van der Waals surface area (Å²) in [6.07, 6.45) is -1.88. The van der Waals surface area contributed by atoms with Gasteiger partial charge >= 0.3 is 6.18 Å². The van der Waals surface area contributed by atoms with Gasteiger partial charge in [0.05, 0.1) is 5.92 Å². The lowest BCUT2D eigenvalue weighted by Gasteiger charge is -2.24. The van der Waals surface area contributed by atoms with Gasteiger partial charge in [0.2, 0.25) is 5.91 Å². The van der Waals surface area contributed by atoms with Crippen molar-refractivity contribution in [2.24, 2.45) is 5.92 Å². The van der Waals surface area contributed by atoms with E-state index in [4.69, 9.17) is 0 Å². The number of carbonyl (C=O) groups excluding carboxylic acids is 1. The molecule has 1 amide bonds. The molecule has 2 heterocycles. The van der Waals surface area contributed by atoms with E-state index in [1.54, 1.807) is 0 Å².